The molecular formula is C32H40FN3O2. The Morgan fingerprint density at radius 2 is 1.97 bits per heavy atom. The van der Waals surface area contributed by atoms with Crippen LogP contribution in [-0.4, -0.2) is 67.8 Å². The van der Waals surface area contributed by atoms with Crippen molar-refractivity contribution in [2.75, 3.05) is 39.9 Å². The lowest BCUT2D eigenvalue weighted by molar-refractivity contribution is -0.128. The summed E-state index contributed by atoms with van der Waals surface area (Å²) in [5.74, 6) is 0.369. The van der Waals surface area contributed by atoms with Crippen LogP contribution in [0.5, 0.6) is 0 Å². The molecule has 2 aromatic rings. The van der Waals surface area contributed by atoms with E-state index in [0.717, 1.165) is 69.7 Å². The van der Waals surface area contributed by atoms with E-state index in [1.54, 1.807) is 6.07 Å². The number of carbonyl (C=O) groups is 1. The number of halogens is 1. The third-order valence-corrected chi connectivity index (χ3v) is 9.76. The van der Waals surface area contributed by atoms with Crippen LogP contribution in [0.25, 0.3) is 0 Å². The number of carbonyl (C=O) groups excluding carboxylic acids is 1. The van der Waals surface area contributed by atoms with Crippen molar-refractivity contribution in [1.82, 2.24) is 9.91 Å². The van der Waals surface area contributed by atoms with Gasteiger partial charge in [0.2, 0.25) is 0 Å². The highest BCUT2D eigenvalue weighted by Crippen LogP contribution is 2.48. The normalized spacial score (nSPS) is 29.1. The number of benzene rings is 2. The van der Waals surface area contributed by atoms with Crippen molar-refractivity contribution in [2.45, 2.75) is 74.7 Å². The molecule has 6 heteroatoms. The van der Waals surface area contributed by atoms with Crippen molar-refractivity contribution in [3.8, 4) is 0 Å². The summed E-state index contributed by atoms with van der Waals surface area (Å²) < 4.78 is 21.0. The number of hydrogen-bond acceptors (Lipinski definition) is 5. The van der Waals surface area contributed by atoms with Crippen LogP contribution in [0.2, 0.25) is 0 Å². The predicted octanol–water partition coefficient (Wildman–Crippen LogP) is 5.22. The summed E-state index contributed by atoms with van der Waals surface area (Å²) in [6.45, 7) is 6.46. The number of ether oxygens (including phenoxy) is 1. The molecule has 3 unspecified atom stereocenters. The first-order valence-corrected chi connectivity index (χ1v) is 14.4. The van der Waals surface area contributed by atoms with Gasteiger partial charge in [0.1, 0.15) is 11.6 Å². The Morgan fingerprint density at radius 1 is 1.16 bits per heavy atom. The molecule has 5 nitrogen and oxygen atoms in total. The van der Waals surface area contributed by atoms with E-state index in [1.165, 1.54) is 17.5 Å². The van der Waals surface area contributed by atoms with E-state index in [9.17, 15) is 4.79 Å². The third kappa shape index (κ3) is 4.60. The van der Waals surface area contributed by atoms with Crippen LogP contribution >= 0.6 is 0 Å². The van der Waals surface area contributed by atoms with Gasteiger partial charge in [-0.1, -0.05) is 36.4 Å². The first-order valence-electron chi connectivity index (χ1n) is 14.4. The fraction of sp³-hybridized carbons (Fsp3) is 0.562. The van der Waals surface area contributed by atoms with Crippen LogP contribution in [0.15, 0.2) is 47.6 Å². The Kier molecular flexibility index (Phi) is 6.89. The number of piperidine rings is 1. The number of aryl methyl sites for hydroxylation is 1. The zero-order valence-electron chi connectivity index (χ0n) is 22.8. The highest BCUT2D eigenvalue weighted by Gasteiger charge is 2.48. The van der Waals surface area contributed by atoms with Gasteiger partial charge in [0.05, 0.1) is 18.6 Å². The lowest BCUT2D eigenvalue weighted by Crippen LogP contribution is -2.53. The smallest absolute Gasteiger partial charge is 0.144 e. The largest absolute Gasteiger partial charge is 0.380 e. The summed E-state index contributed by atoms with van der Waals surface area (Å²) in [4.78, 5) is 16.4. The maximum atomic E-state index is 15.2. The Morgan fingerprint density at radius 3 is 2.68 bits per heavy atom. The number of hydrogen-bond donors (Lipinski definition) is 0. The third-order valence-electron chi connectivity index (χ3n) is 9.76. The zero-order valence-corrected chi connectivity index (χ0v) is 22.8. The first kappa shape index (κ1) is 25.7. The Balaban J connectivity index is 1.16. The van der Waals surface area contributed by atoms with Crippen molar-refractivity contribution < 1.29 is 13.9 Å². The fourth-order valence-electron chi connectivity index (χ4n) is 7.44. The molecule has 0 bridgehead atoms. The average Bonchev–Trinajstić information content (AvgIpc) is 3.30. The summed E-state index contributed by atoms with van der Waals surface area (Å²) in [5, 5.41) is 6.25. The van der Waals surface area contributed by atoms with Gasteiger partial charge < -0.3 is 4.74 Å². The van der Waals surface area contributed by atoms with E-state index in [1.807, 2.05) is 30.4 Å². The maximum Gasteiger partial charge on any atom is 0.144 e. The van der Waals surface area contributed by atoms with Gasteiger partial charge >= 0.3 is 0 Å². The minimum atomic E-state index is -0.364. The van der Waals surface area contributed by atoms with E-state index in [2.05, 4.69) is 41.2 Å². The molecule has 0 aromatic heterocycles. The molecule has 3 aliphatic heterocycles. The van der Waals surface area contributed by atoms with Crippen molar-refractivity contribution in [3.05, 3.63) is 70.5 Å². The molecule has 6 rings (SSSR count). The second kappa shape index (κ2) is 10.2. The molecule has 2 saturated heterocycles. The molecule has 0 amide bonds. The molecule has 0 N–H and O–H groups in total. The summed E-state index contributed by atoms with van der Waals surface area (Å²) in [6.07, 6.45) is 7.98. The Bertz CT molecular complexity index is 1210. The minimum absolute atomic E-state index is 0.140. The molecule has 202 valence electrons. The topological polar surface area (TPSA) is 45.1 Å². The van der Waals surface area contributed by atoms with Crippen LogP contribution in [0, 0.1) is 5.82 Å². The number of likely N-dealkylation sites (N-methyl/N-ethyl adjacent to an activating group) is 1. The molecule has 3 atom stereocenters. The molecule has 3 heterocycles. The number of nitrogens with zero attached hydrogens (tertiary/aromatic N) is 3. The van der Waals surface area contributed by atoms with Crippen LogP contribution in [0.3, 0.4) is 0 Å². The highest BCUT2D eigenvalue weighted by molar-refractivity contribution is 5.93. The van der Waals surface area contributed by atoms with Crippen LogP contribution < -0.4 is 0 Å². The summed E-state index contributed by atoms with van der Waals surface area (Å²) >= 11 is 0. The Hall–Kier alpha value is -2.57. The number of rotatable bonds is 5. The zero-order chi connectivity index (χ0) is 26.3. The quantitative estimate of drug-likeness (QED) is 0.546. The van der Waals surface area contributed by atoms with Crippen LogP contribution in [0.4, 0.5) is 4.39 Å². The summed E-state index contributed by atoms with van der Waals surface area (Å²) in [5.41, 5.74) is 3.59. The number of ketones is 1. The van der Waals surface area contributed by atoms with Crippen LogP contribution in [-0.2, 0) is 26.8 Å². The first-order chi connectivity index (χ1) is 18.4. The average molecular weight is 518 g/mol. The van der Waals surface area contributed by atoms with E-state index in [-0.39, 0.29) is 22.6 Å². The van der Waals surface area contributed by atoms with Crippen molar-refractivity contribution in [1.29, 1.82) is 0 Å². The van der Waals surface area contributed by atoms with Gasteiger partial charge in [-0.25, -0.2) is 4.39 Å². The number of fused-ring (bicyclic) bond motifs is 2. The molecule has 38 heavy (non-hydrogen) atoms. The number of hydrazone groups is 1. The Labute approximate surface area is 226 Å². The molecule has 1 aliphatic carbocycles. The van der Waals surface area contributed by atoms with Gasteiger partial charge in [0.25, 0.3) is 0 Å². The SMILES string of the molecule is CN1CC(C)(c2ccc(CCC3CC(=O)C4(CCN(C5CCCOC5)CC4)c4ccccc43)c(F)c2)C=N1. The van der Waals surface area contributed by atoms with Gasteiger partial charge in [-0.15, -0.1) is 0 Å². The lowest BCUT2D eigenvalue weighted by Gasteiger charge is -2.48. The van der Waals surface area contributed by atoms with E-state index in [0.29, 0.717) is 24.7 Å². The van der Waals surface area contributed by atoms with Crippen LogP contribution in [0.1, 0.15) is 73.6 Å². The molecule has 4 aliphatic rings. The lowest BCUT2D eigenvalue weighted by atomic mass is 9.60. The molecule has 2 aromatic carbocycles. The van der Waals surface area contributed by atoms with Crippen molar-refractivity contribution >= 4 is 12.0 Å². The van der Waals surface area contributed by atoms with E-state index in [4.69, 9.17) is 4.74 Å². The molecular weight excluding hydrogens is 477 g/mol. The van der Waals surface area contributed by atoms with Gasteiger partial charge in [-0.05, 0) is 92.8 Å². The minimum Gasteiger partial charge on any atom is -0.380 e. The van der Waals surface area contributed by atoms with Gasteiger partial charge in [-0.3, -0.25) is 14.7 Å². The van der Waals surface area contributed by atoms with Crippen molar-refractivity contribution in [2.24, 2.45) is 5.10 Å². The molecule has 1 spiro atoms. The number of likely N-dealkylation sites (tertiary alicyclic amines) is 1. The van der Waals surface area contributed by atoms with Crippen molar-refractivity contribution in [3.63, 3.8) is 0 Å². The molecule has 0 radical (unpaired) electrons. The van der Waals surface area contributed by atoms with E-state index >= 15 is 4.39 Å². The monoisotopic (exact) mass is 517 g/mol. The van der Waals surface area contributed by atoms with Gasteiger partial charge in [-0.2, -0.15) is 5.10 Å². The van der Waals surface area contributed by atoms with Gasteiger partial charge in [0.15, 0.2) is 0 Å². The molecule has 0 saturated carbocycles. The summed E-state index contributed by atoms with van der Waals surface area (Å²) in [6, 6.07) is 14.7. The highest BCUT2D eigenvalue weighted by atomic mass is 19.1. The standard InChI is InChI=1S/C32H40FN3O2/c1-31(21-34-35(2)22-31)25-12-11-23(29(33)19-25)9-10-24-18-30(37)32(28-8-4-3-7-27(24)28)13-15-36(16-14-32)26-6-5-17-38-20-26/h3-4,7-8,11-12,19,21,24,26H,5-6,9-10,13-18,20,22H2,1-2H3. The predicted molar refractivity (Wildman–Crippen MR) is 148 cm³/mol. The van der Waals surface area contributed by atoms with Gasteiger partial charge in [0, 0.05) is 37.7 Å². The van der Waals surface area contributed by atoms with E-state index < -0.39 is 0 Å². The number of Topliss-reactive ketones (excluding diaryl/α,β-unsaturated/α-hetero) is 1. The molecule has 2 fully saturated rings. The second-order valence-corrected chi connectivity index (χ2v) is 12.2. The summed E-state index contributed by atoms with van der Waals surface area (Å²) in [7, 11) is 1.94. The second-order valence-electron chi connectivity index (χ2n) is 12.2. The fourth-order valence-corrected chi connectivity index (χ4v) is 7.44. The maximum absolute atomic E-state index is 15.2.